The molecule has 0 bridgehead atoms. The summed E-state index contributed by atoms with van der Waals surface area (Å²) in [6, 6.07) is 0.978. The molecule has 0 saturated carbocycles. The van der Waals surface area contributed by atoms with Gasteiger partial charge in [-0.15, -0.1) is 13.2 Å². The van der Waals surface area contributed by atoms with Crippen LogP contribution in [0.4, 0.5) is 13.2 Å². The minimum Gasteiger partial charge on any atom is -0.501 e. The van der Waals surface area contributed by atoms with Gasteiger partial charge in [-0.25, -0.2) is 4.98 Å². The van der Waals surface area contributed by atoms with Gasteiger partial charge in [0.1, 0.15) is 5.69 Å². The summed E-state index contributed by atoms with van der Waals surface area (Å²) in [5, 5.41) is 9.24. The summed E-state index contributed by atoms with van der Waals surface area (Å²) < 4.78 is 43.6. The van der Waals surface area contributed by atoms with Crippen LogP contribution < -0.4 is 9.47 Å². The number of alkyl halides is 3. The van der Waals surface area contributed by atoms with Gasteiger partial charge in [0.2, 0.25) is 5.75 Å². The molecule has 16 heavy (non-hydrogen) atoms. The maximum absolute atomic E-state index is 11.9. The molecule has 5 nitrogen and oxygen atoms in total. The molecule has 1 aromatic heterocycles. The van der Waals surface area contributed by atoms with Gasteiger partial charge in [0.15, 0.2) is 12.0 Å². The fraction of sp³-hybridized carbons (Fsp3) is 0.250. The zero-order chi connectivity index (χ0) is 12.3. The van der Waals surface area contributed by atoms with Crippen molar-refractivity contribution in [3.63, 3.8) is 0 Å². The van der Waals surface area contributed by atoms with E-state index in [0.717, 1.165) is 13.2 Å². The van der Waals surface area contributed by atoms with E-state index in [1.807, 2.05) is 0 Å². The number of hydrogen-bond donors (Lipinski definition) is 1. The molecule has 0 spiro atoms. The Labute approximate surface area is 87.4 Å². The van der Waals surface area contributed by atoms with Crippen LogP contribution in [0.2, 0.25) is 0 Å². The lowest BCUT2D eigenvalue weighted by atomic mass is 10.3. The van der Waals surface area contributed by atoms with Gasteiger partial charge >= 0.3 is 6.36 Å². The summed E-state index contributed by atoms with van der Waals surface area (Å²) in [4.78, 5) is 13.5. The predicted octanol–water partition coefficient (Wildman–Crippen LogP) is 1.51. The number of ether oxygens (including phenoxy) is 2. The molecule has 0 radical (unpaired) electrons. The van der Waals surface area contributed by atoms with Crippen LogP contribution in [0.3, 0.4) is 0 Å². The molecule has 0 amide bonds. The molecule has 1 rings (SSSR count). The predicted molar refractivity (Wildman–Crippen MR) is 44.5 cm³/mol. The van der Waals surface area contributed by atoms with E-state index in [2.05, 4.69) is 14.5 Å². The van der Waals surface area contributed by atoms with Crippen molar-refractivity contribution >= 4 is 6.29 Å². The van der Waals surface area contributed by atoms with Crippen molar-refractivity contribution in [2.24, 2.45) is 0 Å². The Balaban J connectivity index is 3.21. The first-order valence-electron chi connectivity index (χ1n) is 3.86. The highest BCUT2D eigenvalue weighted by Gasteiger charge is 2.34. The zero-order valence-electron chi connectivity index (χ0n) is 7.91. The van der Waals surface area contributed by atoms with E-state index in [0.29, 0.717) is 0 Å². The van der Waals surface area contributed by atoms with Crippen LogP contribution in [-0.4, -0.2) is 29.8 Å². The van der Waals surface area contributed by atoms with Crippen LogP contribution in [0.5, 0.6) is 17.4 Å². The normalized spacial score (nSPS) is 11.0. The second kappa shape index (κ2) is 4.25. The molecule has 0 aromatic carbocycles. The lowest BCUT2D eigenvalue weighted by Crippen LogP contribution is -2.18. The fourth-order valence-electron chi connectivity index (χ4n) is 0.907. The maximum Gasteiger partial charge on any atom is 0.574 e. The quantitative estimate of drug-likeness (QED) is 0.807. The summed E-state index contributed by atoms with van der Waals surface area (Å²) >= 11 is 0. The largest absolute Gasteiger partial charge is 0.574 e. The highest BCUT2D eigenvalue weighted by Crippen LogP contribution is 2.37. The zero-order valence-corrected chi connectivity index (χ0v) is 7.91. The SMILES string of the molecule is COc1cc(C=O)nc(OC(F)(F)F)c1O. The van der Waals surface area contributed by atoms with Crippen molar-refractivity contribution in [3.8, 4) is 17.4 Å². The van der Waals surface area contributed by atoms with Gasteiger partial charge in [-0.05, 0) is 0 Å². The molecule has 0 aliphatic heterocycles. The number of carbonyl (C=O) groups excluding carboxylic acids is 1. The molecule has 0 atom stereocenters. The molecule has 0 unspecified atom stereocenters. The Morgan fingerprint density at radius 1 is 1.50 bits per heavy atom. The molecule has 1 aromatic rings. The minimum absolute atomic E-state index is 0.200. The number of nitrogens with zero attached hydrogens (tertiary/aromatic N) is 1. The molecule has 0 aliphatic carbocycles. The molecule has 8 heteroatoms. The summed E-state index contributed by atoms with van der Waals surface area (Å²) in [7, 11) is 1.11. The smallest absolute Gasteiger partial charge is 0.501 e. The Hall–Kier alpha value is -1.99. The van der Waals surface area contributed by atoms with Crippen molar-refractivity contribution < 1.29 is 32.5 Å². The number of aromatic nitrogens is 1. The molecule has 0 fully saturated rings. The van der Waals surface area contributed by atoms with Crippen molar-refractivity contribution in [1.82, 2.24) is 4.98 Å². The second-order valence-electron chi connectivity index (χ2n) is 2.57. The van der Waals surface area contributed by atoms with Crippen molar-refractivity contribution in [2.75, 3.05) is 7.11 Å². The van der Waals surface area contributed by atoms with Gasteiger partial charge in [0.25, 0.3) is 5.88 Å². The molecule has 1 heterocycles. The van der Waals surface area contributed by atoms with Crippen LogP contribution in [0.25, 0.3) is 0 Å². The van der Waals surface area contributed by atoms with E-state index in [4.69, 9.17) is 0 Å². The number of rotatable bonds is 3. The number of pyridine rings is 1. The van der Waals surface area contributed by atoms with Gasteiger partial charge in [0.05, 0.1) is 7.11 Å². The molecule has 1 N–H and O–H groups in total. The first-order valence-corrected chi connectivity index (χ1v) is 3.86. The molecule has 88 valence electrons. The van der Waals surface area contributed by atoms with Crippen LogP contribution in [0, 0.1) is 0 Å². The topological polar surface area (TPSA) is 68.7 Å². The van der Waals surface area contributed by atoms with Gasteiger partial charge in [-0.1, -0.05) is 0 Å². The lowest BCUT2D eigenvalue weighted by molar-refractivity contribution is -0.276. The monoisotopic (exact) mass is 237 g/mol. The number of aldehydes is 1. The van der Waals surface area contributed by atoms with Crippen LogP contribution in [-0.2, 0) is 0 Å². The first-order chi connectivity index (χ1) is 7.37. The van der Waals surface area contributed by atoms with E-state index >= 15 is 0 Å². The van der Waals surface area contributed by atoms with E-state index in [1.54, 1.807) is 0 Å². The number of carbonyl (C=O) groups is 1. The van der Waals surface area contributed by atoms with Crippen molar-refractivity contribution in [1.29, 1.82) is 0 Å². The lowest BCUT2D eigenvalue weighted by Gasteiger charge is -2.11. The van der Waals surface area contributed by atoms with Gasteiger partial charge in [-0.3, -0.25) is 4.79 Å². The number of halogens is 3. The third-order valence-corrected chi connectivity index (χ3v) is 1.50. The standard InChI is InChI=1S/C8H6F3NO4/c1-15-5-2-4(3-13)12-7(6(5)14)16-8(9,10)11/h2-3,14H,1H3. The van der Waals surface area contributed by atoms with Crippen molar-refractivity contribution in [2.45, 2.75) is 6.36 Å². The molecule has 0 aliphatic rings. The second-order valence-corrected chi connectivity index (χ2v) is 2.57. The summed E-state index contributed by atoms with van der Waals surface area (Å²) in [5.41, 5.74) is -0.353. The van der Waals surface area contributed by atoms with E-state index in [1.165, 1.54) is 0 Å². The Kier molecular flexibility index (Phi) is 3.21. The molecule has 0 saturated heterocycles. The summed E-state index contributed by atoms with van der Waals surface area (Å²) in [6.45, 7) is 0. The van der Waals surface area contributed by atoms with Crippen molar-refractivity contribution in [3.05, 3.63) is 11.8 Å². The van der Waals surface area contributed by atoms with Crippen LogP contribution >= 0.6 is 0 Å². The maximum atomic E-state index is 11.9. The summed E-state index contributed by atoms with van der Waals surface area (Å²) in [5.74, 6) is -2.39. The van der Waals surface area contributed by atoms with E-state index in [-0.39, 0.29) is 17.7 Å². The third-order valence-electron chi connectivity index (χ3n) is 1.50. The van der Waals surface area contributed by atoms with Gasteiger partial charge in [-0.2, -0.15) is 0 Å². The van der Waals surface area contributed by atoms with Crippen LogP contribution in [0.1, 0.15) is 10.5 Å². The fourth-order valence-corrected chi connectivity index (χ4v) is 0.907. The average Bonchev–Trinajstić information content (AvgIpc) is 2.19. The minimum atomic E-state index is -5.02. The summed E-state index contributed by atoms with van der Waals surface area (Å²) in [6.07, 6.45) is -4.82. The Morgan fingerprint density at radius 2 is 2.12 bits per heavy atom. The highest BCUT2D eigenvalue weighted by atomic mass is 19.4. The first kappa shape index (κ1) is 12.1. The average molecular weight is 237 g/mol. The number of hydrogen-bond acceptors (Lipinski definition) is 5. The number of aromatic hydroxyl groups is 1. The van der Waals surface area contributed by atoms with Crippen LogP contribution in [0.15, 0.2) is 6.07 Å². The number of methoxy groups -OCH3 is 1. The highest BCUT2D eigenvalue weighted by molar-refractivity contribution is 5.74. The molecular weight excluding hydrogens is 231 g/mol. The molecular formula is C8H6F3NO4. The Morgan fingerprint density at radius 3 is 2.56 bits per heavy atom. The van der Waals surface area contributed by atoms with Gasteiger partial charge in [0, 0.05) is 6.07 Å². The van der Waals surface area contributed by atoms with E-state index in [9.17, 15) is 23.1 Å². The Bertz CT molecular complexity index is 405. The third kappa shape index (κ3) is 2.75. The van der Waals surface area contributed by atoms with Gasteiger partial charge < -0.3 is 14.6 Å². The van der Waals surface area contributed by atoms with E-state index < -0.39 is 18.0 Å².